The van der Waals surface area contributed by atoms with Crippen molar-refractivity contribution in [3.05, 3.63) is 96.2 Å². The summed E-state index contributed by atoms with van der Waals surface area (Å²) >= 11 is 0. The van der Waals surface area contributed by atoms with Crippen LogP contribution in [0.3, 0.4) is 0 Å². The summed E-state index contributed by atoms with van der Waals surface area (Å²) in [5, 5.41) is 0.934. The second-order valence-electron chi connectivity index (χ2n) is 8.90. The predicted octanol–water partition coefficient (Wildman–Crippen LogP) is 6.28. The first kappa shape index (κ1) is 21.7. The van der Waals surface area contributed by atoms with Crippen LogP contribution in [0.25, 0.3) is 10.9 Å². The topological polar surface area (TPSA) is 40.5 Å². The number of aromatic nitrogens is 1. The van der Waals surface area contributed by atoms with Gasteiger partial charge in [0, 0.05) is 22.7 Å². The molecule has 0 atom stereocenters. The zero-order chi connectivity index (χ0) is 22.6. The van der Waals surface area contributed by atoms with Crippen molar-refractivity contribution < 1.29 is 14.3 Å². The lowest BCUT2D eigenvalue weighted by Crippen LogP contribution is -2.12. The molecule has 0 saturated carbocycles. The summed E-state index contributed by atoms with van der Waals surface area (Å²) in [4.78, 5) is 12.9. The third-order valence-corrected chi connectivity index (χ3v) is 5.52. The molecule has 0 aliphatic heterocycles. The van der Waals surface area contributed by atoms with Crippen LogP contribution >= 0.6 is 0 Å². The van der Waals surface area contributed by atoms with Crippen LogP contribution in [0.15, 0.2) is 85.1 Å². The van der Waals surface area contributed by atoms with Crippen LogP contribution in [0.1, 0.15) is 36.7 Å². The highest BCUT2D eigenvalue weighted by atomic mass is 16.5. The van der Waals surface area contributed by atoms with Gasteiger partial charge < -0.3 is 14.0 Å². The molecule has 0 spiro atoms. The molecule has 0 N–H and O–H groups in total. The number of benzene rings is 3. The summed E-state index contributed by atoms with van der Waals surface area (Å²) in [7, 11) is 0. The van der Waals surface area contributed by atoms with E-state index in [4.69, 9.17) is 9.47 Å². The van der Waals surface area contributed by atoms with E-state index in [1.807, 2.05) is 72.9 Å². The first-order chi connectivity index (χ1) is 15.4. The summed E-state index contributed by atoms with van der Waals surface area (Å²) < 4.78 is 13.7. The van der Waals surface area contributed by atoms with Gasteiger partial charge in [-0.05, 0) is 41.3 Å². The average molecular weight is 428 g/mol. The van der Waals surface area contributed by atoms with Crippen LogP contribution in [0.5, 0.6) is 11.5 Å². The predicted molar refractivity (Wildman–Crippen MR) is 129 cm³/mol. The van der Waals surface area contributed by atoms with Gasteiger partial charge in [0.25, 0.3) is 0 Å². The first-order valence-corrected chi connectivity index (χ1v) is 10.9. The van der Waals surface area contributed by atoms with E-state index >= 15 is 0 Å². The molecular formula is C28H29NO3. The summed E-state index contributed by atoms with van der Waals surface area (Å²) in [6.07, 6.45) is 1.91. The van der Waals surface area contributed by atoms with Gasteiger partial charge in [0.1, 0.15) is 18.1 Å². The van der Waals surface area contributed by atoms with Crippen molar-refractivity contribution in [1.29, 1.82) is 0 Å². The number of ketones is 1. The van der Waals surface area contributed by atoms with Gasteiger partial charge in [0.15, 0.2) is 6.61 Å². The van der Waals surface area contributed by atoms with Gasteiger partial charge in [0.2, 0.25) is 5.78 Å². The fraction of sp³-hybridized carbons (Fsp3) is 0.250. The molecule has 0 amide bonds. The maximum absolute atomic E-state index is 12.9. The minimum atomic E-state index is -0.0394. The smallest absolute Gasteiger partial charge is 0.202 e. The van der Waals surface area contributed by atoms with Crippen LogP contribution in [0.2, 0.25) is 0 Å². The fourth-order valence-electron chi connectivity index (χ4n) is 3.71. The molecule has 0 radical (unpaired) electrons. The lowest BCUT2D eigenvalue weighted by Gasteiger charge is -2.19. The van der Waals surface area contributed by atoms with E-state index in [0.717, 1.165) is 16.7 Å². The van der Waals surface area contributed by atoms with Gasteiger partial charge in [-0.2, -0.15) is 0 Å². The van der Waals surface area contributed by atoms with E-state index in [2.05, 4.69) is 37.5 Å². The van der Waals surface area contributed by atoms with Gasteiger partial charge in [0.05, 0.1) is 6.54 Å². The molecule has 4 nitrogen and oxygen atoms in total. The maximum Gasteiger partial charge on any atom is 0.202 e. The number of rotatable bonds is 8. The molecule has 4 aromatic rings. The average Bonchev–Trinajstić information content (AvgIpc) is 3.17. The highest BCUT2D eigenvalue weighted by molar-refractivity contribution is 6.08. The zero-order valence-corrected chi connectivity index (χ0v) is 18.9. The summed E-state index contributed by atoms with van der Waals surface area (Å²) in [5.74, 6) is 1.50. The Morgan fingerprint density at radius 1 is 0.812 bits per heavy atom. The Labute approximate surface area is 189 Å². The van der Waals surface area contributed by atoms with Crippen molar-refractivity contribution in [2.24, 2.45) is 0 Å². The summed E-state index contributed by atoms with van der Waals surface area (Å²) in [5.41, 5.74) is 3.09. The lowest BCUT2D eigenvalue weighted by molar-refractivity contribution is 0.0923. The van der Waals surface area contributed by atoms with E-state index in [0.29, 0.717) is 24.5 Å². The van der Waals surface area contributed by atoms with Crippen molar-refractivity contribution in [3.63, 3.8) is 0 Å². The number of carbonyl (C=O) groups excluding carboxylic acids is 1. The monoisotopic (exact) mass is 427 g/mol. The van der Waals surface area contributed by atoms with E-state index in [1.54, 1.807) is 0 Å². The number of nitrogens with zero attached hydrogens (tertiary/aromatic N) is 1. The normalized spacial score (nSPS) is 11.5. The quantitative estimate of drug-likeness (QED) is 0.311. The Balaban J connectivity index is 1.43. The van der Waals surface area contributed by atoms with Crippen LogP contribution in [-0.2, 0) is 12.0 Å². The van der Waals surface area contributed by atoms with Crippen molar-refractivity contribution >= 4 is 16.7 Å². The maximum atomic E-state index is 12.9. The number of ether oxygens (including phenoxy) is 2. The van der Waals surface area contributed by atoms with E-state index < -0.39 is 0 Å². The van der Waals surface area contributed by atoms with Gasteiger partial charge in [-0.1, -0.05) is 69.3 Å². The molecule has 4 rings (SSSR count). The number of hydrogen-bond acceptors (Lipinski definition) is 3. The van der Waals surface area contributed by atoms with Gasteiger partial charge >= 0.3 is 0 Å². The molecule has 4 heteroatoms. The highest BCUT2D eigenvalue weighted by Crippen LogP contribution is 2.25. The lowest BCUT2D eigenvalue weighted by atomic mass is 9.87. The van der Waals surface area contributed by atoms with Gasteiger partial charge in [-0.25, -0.2) is 0 Å². The Hall–Kier alpha value is -3.53. The molecule has 0 unspecified atom stereocenters. The number of Topliss-reactive ketones (excluding diaryl/α,β-unsaturated/α-hetero) is 1. The molecule has 32 heavy (non-hydrogen) atoms. The number of hydrogen-bond donors (Lipinski definition) is 0. The second-order valence-corrected chi connectivity index (χ2v) is 8.90. The highest BCUT2D eigenvalue weighted by Gasteiger charge is 2.16. The van der Waals surface area contributed by atoms with Crippen molar-refractivity contribution in [1.82, 2.24) is 4.57 Å². The fourth-order valence-corrected chi connectivity index (χ4v) is 3.71. The second kappa shape index (κ2) is 9.31. The number of para-hydroxylation sites is 2. The van der Waals surface area contributed by atoms with Crippen LogP contribution in [-0.4, -0.2) is 23.6 Å². The molecule has 0 fully saturated rings. The molecule has 0 bridgehead atoms. The van der Waals surface area contributed by atoms with Crippen LogP contribution in [0, 0.1) is 0 Å². The van der Waals surface area contributed by atoms with Gasteiger partial charge in [-0.3, -0.25) is 4.79 Å². The molecule has 0 aliphatic rings. The summed E-state index contributed by atoms with van der Waals surface area (Å²) in [6.45, 7) is 7.77. The molecular weight excluding hydrogens is 398 g/mol. The molecule has 1 heterocycles. The van der Waals surface area contributed by atoms with Gasteiger partial charge in [-0.15, -0.1) is 0 Å². The van der Waals surface area contributed by atoms with Crippen LogP contribution in [0.4, 0.5) is 0 Å². The molecule has 1 aromatic heterocycles. The SMILES string of the molecule is CC(C)(C)c1ccc(OCCn2cc(C(=O)COc3ccccc3)c3ccccc32)cc1. The molecule has 3 aromatic carbocycles. The standard InChI is InChI=1S/C28H29NO3/c1-28(2,3)21-13-15-23(16-14-21)31-18-17-29-19-25(24-11-7-8-12-26(24)29)27(30)20-32-22-9-5-4-6-10-22/h4-16,19H,17-18,20H2,1-3H3. The number of fused-ring (bicyclic) bond motifs is 1. The van der Waals surface area contributed by atoms with Crippen molar-refractivity contribution in [2.75, 3.05) is 13.2 Å². The largest absolute Gasteiger partial charge is 0.492 e. The summed E-state index contributed by atoms with van der Waals surface area (Å²) in [6, 6.07) is 25.6. The minimum absolute atomic E-state index is 0.00858. The third-order valence-electron chi connectivity index (χ3n) is 5.52. The minimum Gasteiger partial charge on any atom is -0.492 e. The molecule has 0 aliphatic carbocycles. The van der Waals surface area contributed by atoms with Crippen molar-refractivity contribution in [3.8, 4) is 11.5 Å². The van der Waals surface area contributed by atoms with Crippen molar-refractivity contribution in [2.45, 2.75) is 32.7 Å². The molecule has 164 valence electrons. The first-order valence-electron chi connectivity index (χ1n) is 10.9. The number of carbonyl (C=O) groups is 1. The van der Waals surface area contributed by atoms with Crippen LogP contribution < -0.4 is 9.47 Å². The zero-order valence-electron chi connectivity index (χ0n) is 18.9. The van der Waals surface area contributed by atoms with E-state index in [1.165, 1.54) is 5.56 Å². The Morgan fingerprint density at radius 2 is 1.47 bits per heavy atom. The van der Waals surface area contributed by atoms with E-state index in [9.17, 15) is 4.79 Å². The third kappa shape index (κ3) is 5.02. The van der Waals surface area contributed by atoms with E-state index in [-0.39, 0.29) is 17.8 Å². The Kier molecular flexibility index (Phi) is 6.31. The molecule has 0 saturated heterocycles. The Morgan fingerprint density at radius 3 is 2.19 bits per heavy atom. The Bertz CT molecular complexity index is 1190.